The van der Waals surface area contributed by atoms with Crippen LogP contribution < -0.4 is 0 Å². The summed E-state index contributed by atoms with van der Waals surface area (Å²) in [5.74, 6) is 0.746. The zero-order valence-corrected chi connectivity index (χ0v) is 12.7. The summed E-state index contributed by atoms with van der Waals surface area (Å²) in [4.78, 5) is 15.0. The lowest BCUT2D eigenvalue weighted by atomic mass is 10.1. The number of aliphatic carboxylic acids is 1. The fourth-order valence-electron chi connectivity index (χ4n) is 1.66. The molecule has 1 aromatic carbocycles. The molecule has 0 spiro atoms. The van der Waals surface area contributed by atoms with Crippen molar-refractivity contribution < 1.29 is 14.6 Å². The van der Waals surface area contributed by atoms with E-state index in [1.807, 2.05) is 12.1 Å². The zero-order valence-electron chi connectivity index (χ0n) is 11.0. The van der Waals surface area contributed by atoms with Gasteiger partial charge >= 0.3 is 5.97 Å². The standard InChI is InChI=1S/C14H15NO3S2/c1-18-9-19-7-10-2-4-11(5-3-10)14-15-12(8-20-14)6-13(16)17/h2-5,8H,6-7,9H2,1H3,(H,16,17). The molecule has 1 heterocycles. The molecule has 0 unspecified atom stereocenters. The van der Waals surface area contributed by atoms with Crippen molar-refractivity contribution in [2.45, 2.75) is 12.2 Å². The average Bonchev–Trinajstić information content (AvgIpc) is 2.87. The monoisotopic (exact) mass is 309 g/mol. The Balaban J connectivity index is 2.02. The molecule has 0 amide bonds. The lowest BCUT2D eigenvalue weighted by Crippen LogP contribution is -1.99. The first-order valence-corrected chi connectivity index (χ1v) is 8.04. The number of carboxylic acid groups (broad SMARTS) is 1. The average molecular weight is 309 g/mol. The molecule has 1 N–H and O–H groups in total. The number of ether oxygens (including phenoxy) is 1. The van der Waals surface area contributed by atoms with Crippen molar-refractivity contribution in [1.29, 1.82) is 0 Å². The lowest BCUT2D eigenvalue weighted by Gasteiger charge is -2.02. The van der Waals surface area contributed by atoms with E-state index in [4.69, 9.17) is 9.84 Å². The number of methoxy groups -OCH3 is 1. The smallest absolute Gasteiger partial charge is 0.309 e. The minimum Gasteiger partial charge on any atom is -0.481 e. The van der Waals surface area contributed by atoms with Crippen LogP contribution in [0.5, 0.6) is 0 Å². The van der Waals surface area contributed by atoms with E-state index in [1.54, 1.807) is 24.3 Å². The molecule has 20 heavy (non-hydrogen) atoms. The van der Waals surface area contributed by atoms with Crippen molar-refractivity contribution in [3.05, 3.63) is 40.9 Å². The predicted molar refractivity (Wildman–Crippen MR) is 82.1 cm³/mol. The Labute approximate surface area is 125 Å². The Hall–Kier alpha value is -1.37. The fourth-order valence-corrected chi connectivity index (χ4v) is 3.17. The molecule has 0 radical (unpaired) electrons. The van der Waals surface area contributed by atoms with E-state index < -0.39 is 5.97 Å². The van der Waals surface area contributed by atoms with Gasteiger partial charge in [0.05, 0.1) is 18.1 Å². The van der Waals surface area contributed by atoms with Crippen LogP contribution in [0.4, 0.5) is 0 Å². The summed E-state index contributed by atoms with van der Waals surface area (Å²) >= 11 is 3.19. The molecular formula is C14H15NO3S2. The molecule has 106 valence electrons. The molecule has 0 saturated heterocycles. The highest BCUT2D eigenvalue weighted by atomic mass is 32.2. The van der Waals surface area contributed by atoms with E-state index in [9.17, 15) is 4.79 Å². The molecule has 0 fully saturated rings. The number of carboxylic acids is 1. The van der Waals surface area contributed by atoms with Gasteiger partial charge in [0.15, 0.2) is 0 Å². The van der Waals surface area contributed by atoms with Crippen LogP contribution in [0.25, 0.3) is 10.6 Å². The number of aromatic nitrogens is 1. The fraction of sp³-hybridized carbons (Fsp3) is 0.286. The second-order valence-electron chi connectivity index (χ2n) is 4.17. The number of carbonyl (C=O) groups is 1. The molecule has 4 nitrogen and oxygen atoms in total. The highest BCUT2D eigenvalue weighted by Crippen LogP contribution is 2.25. The van der Waals surface area contributed by atoms with Gasteiger partial charge in [0.25, 0.3) is 0 Å². The minimum atomic E-state index is -0.854. The Kier molecular flexibility index (Phi) is 5.58. The van der Waals surface area contributed by atoms with E-state index >= 15 is 0 Å². The molecule has 0 aliphatic heterocycles. The van der Waals surface area contributed by atoms with Gasteiger partial charge in [-0.2, -0.15) is 0 Å². The Morgan fingerprint density at radius 2 is 2.15 bits per heavy atom. The van der Waals surface area contributed by atoms with E-state index in [-0.39, 0.29) is 6.42 Å². The number of benzene rings is 1. The number of nitrogens with zero attached hydrogens (tertiary/aromatic N) is 1. The van der Waals surface area contributed by atoms with Gasteiger partial charge in [-0.25, -0.2) is 4.98 Å². The Bertz CT molecular complexity index is 566. The summed E-state index contributed by atoms with van der Waals surface area (Å²) in [6, 6.07) is 8.17. The normalized spacial score (nSPS) is 10.7. The first-order valence-electron chi connectivity index (χ1n) is 6.01. The quantitative estimate of drug-likeness (QED) is 0.628. The molecule has 2 aromatic rings. The van der Waals surface area contributed by atoms with Crippen LogP contribution >= 0.6 is 23.1 Å². The second-order valence-corrected chi connectivity index (χ2v) is 5.96. The molecule has 0 bridgehead atoms. The number of rotatable bonds is 7. The molecule has 1 aromatic heterocycles. The Morgan fingerprint density at radius 1 is 1.40 bits per heavy atom. The minimum absolute atomic E-state index is 0.0256. The maximum absolute atomic E-state index is 10.6. The van der Waals surface area contributed by atoms with Gasteiger partial charge in [0.1, 0.15) is 5.01 Å². The van der Waals surface area contributed by atoms with Crippen LogP contribution in [-0.4, -0.2) is 29.1 Å². The molecule has 2 rings (SSSR count). The van der Waals surface area contributed by atoms with Crippen LogP contribution in [0, 0.1) is 0 Å². The third kappa shape index (κ3) is 4.33. The topological polar surface area (TPSA) is 59.4 Å². The third-order valence-corrected chi connectivity index (χ3v) is 4.43. The van der Waals surface area contributed by atoms with Gasteiger partial charge in [0, 0.05) is 23.8 Å². The number of hydrogen-bond acceptors (Lipinski definition) is 5. The summed E-state index contributed by atoms with van der Waals surface area (Å²) in [6.45, 7) is 0. The van der Waals surface area contributed by atoms with E-state index in [2.05, 4.69) is 17.1 Å². The second kappa shape index (κ2) is 7.42. The number of thiazole rings is 1. The van der Waals surface area contributed by atoms with Gasteiger partial charge in [-0.15, -0.1) is 23.1 Å². The molecule has 0 aliphatic carbocycles. The van der Waals surface area contributed by atoms with Gasteiger partial charge in [0.2, 0.25) is 0 Å². The van der Waals surface area contributed by atoms with Crippen LogP contribution in [0.2, 0.25) is 0 Å². The third-order valence-electron chi connectivity index (χ3n) is 2.55. The predicted octanol–water partition coefficient (Wildman–Crippen LogP) is 3.27. The summed E-state index contributed by atoms with van der Waals surface area (Å²) in [7, 11) is 1.69. The zero-order chi connectivity index (χ0) is 14.4. The van der Waals surface area contributed by atoms with Crippen LogP contribution in [0.1, 0.15) is 11.3 Å². The van der Waals surface area contributed by atoms with Crippen molar-refractivity contribution >= 4 is 29.1 Å². The van der Waals surface area contributed by atoms with Crippen molar-refractivity contribution in [2.75, 3.05) is 13.0 Å². The van der Waals surface area contributed by atoms with E-state index in [1.165, 1.54) is 16.9 Å². The highest BCUT2D eigenvalue weighted by Gasteiger charge is 2.07. The van der Waals surface area contributed by atoms with Crippen molar-refractivity contribution in [2.24, 2.45) is 0 Å². The number of thioether (sulfide) groups is 1. The molecule has 0 atom stereocenters. The first-order chi connectivity index (χ1) is 9.69. The maximum Gasteiger partial charge on any atom is 0.309 e. The van der Waals surface area contributed by atoms with E-state index in [0.29, 0.717) is 11.6 Å². The van der Waals surface area contributed by atoms with Crippen LogP contribution in [-0.2, 0) is 21.7 Å². The van der Waals surface area contributed by atoms with Gasteiger partial charge in [-0.05, 0) is 5.56 Å². The largest absolute Gasteiger partial charge is 0.481 e. The first kappa shape index (κ1) is 15.0. The van der Waals surface area contributed by atoms with Gasteiger partial charge in [-0.1, -0.05) is 24.3 Å². The molecule has 6 heteroatoms. The SMILES string of the molecule is COCSCc1ccc(-c2nc(CC(=O)O)cs2)cc1. The summed E-state index contributed by atoms with van der Waals surface area (Å²) < 4.78 is 5.00. The van der Waals surface area contributed by atoms with Crippen molar-refractivity contribution in [3.63, 3.8) is 0 Å². The Morgan fingerprint density at radius 3 is 2.80 bits per heavy atom. The molecule has 0 aliphatic rings. The van der Waals surface area contributed by atoms with Crippen LogP contribution in [0.15, 0.2) is 29.6 Å². The molecular weight excluding hydrogens is 294 g/mol. The number of hydrogen-bond donors (Lipinski definition) is 1. The van der Waals surface area contributed by atoms with Crippen molar-refractivity contribution in [1.82, 2.24) is 4.98 Å². The highest BCUT2D eigenvalue weighted by molar-refractivity contribution is 7.98. The van der Waals surface area contributed by atoms with Gasteiger partial charge < -0.3 is 9.84 Å². The maximum atomic E-state index is 10.6. The van der Waals surface area contributed by atoms with Crippen molar-refractivity contribution in [3.8, 4) is 10.6 Å². The summed E-state index contributed by atoms with van der Waals surface area (Å²) in [5.41, 5.74) is 2.86. The lowest BCUT2D eigenvalue weighted by molar-refractivity contribution is -0.136. The summed E-state index contributed by atoms with van der Waals surface area (Å²) in [5, 5.41) is 11.4. The summed E-state index contributed by atoms with van der Waals surface area (Å²) in [6.07, 6.45) is -0.0256. The van der Waals surface area contributed by atoms with Crippen LogP contribution in [0.3, 0.4) is 0 Å². The molecule has 0 saturated carbocycles. The van der Waals surface area contributed by atoms with E-state index in [0.717, 1.165) is 16.3 Å². The van der Waals surface area contributed by atoms with Gasteiger partial charge in [-0.3, -0.25) is 4.79 Å².